The van der Waals surface area contributed by atoms with Gasteiger partial charge < -0.3 is 10.5 Å². The van der Waals surface area contributed by atoms with E-state index in [1.165, 1.54) is 0 Å². The van der Waals surface area contributed by atoms with Crippen molar-refractivity contribution in [1.82, 2.24) is 4.90 Å². The number of ether oxygens (including phenoxy) is 1. The third-order valence-corrected chi connectivity index (χ3v) is 4.37. The van der Waals surface area contributed by atoms with Crippen LogP contribution in [0.4, 0.5) is 0 Å². The predicted octanol–water partition coefficient (Wildman–Crippen LogP) is 2.28. The van der Waals surface area contributed by atoms with E-state index in [0.717, 1.165) is 31.5 Å². The number of piperidine rings is 1. The Kier molecular flexibility index (Phi) is 6.69. The van der Waals surface area contributed by atoms with E-state index in [2.05, 4.69) is 4.90 Å². The van der Waals surface area contributed by atoms with Crippen LogP contribution in [0.3, 0.4) is 0 Å². The average molecular weight is 359 g/mol. The maximum atomic E-state index is 11.8. The summed E-state index contributed by atoms with van der Waals surface area (Å²) >= 11 is 11.8. The molecule has 0 radical (unpaired) electrons. The average Bonchev–Trinajstić information content (AvgIpc) is 2.46. The number of nitrogens with zero attached hydrogens (tertiary/aromatic N) is 1. The number of hydrogen-bond donors (Lipinski definition) is 1. The first-order valence-electron chi connectivity index (χ1n) is 7.56. The van der Waals surface area contributed by atoms with Crippen LogP contribution in [0.5, 0.6) is 0 Å². The minimum atomic E-state index is -0.310. The standard InChI is InChI=1S/C16H20Cl2N2O3/c17-13-7-11(8-14(18)10-13)9-15(21)23-6-5-20-3-1-12(2-4-20)16(19)22/h7-8,10,12H,1-6,9H2,(H2,19,22). The van der Waals surface area contributed by atoms with Crippen LogP contribution >= 0.6 is 23.2 Å². The summed E-state index contributed by atoms with van der Waals surface area (Å²) in [7, 11) is 0. The van der Waals surface area contributed by atoms with Crippen LogP contribution in [0.25, 0.3) is 0 Å². The predicted molar refractivity (Wildman–Crippen MR) is 89.5 cm³/mol. The van der Waals surface area contributed by atoms with Crippen LogP contribution in [0.15, 0.2) is 18.2 Å². The largest absolute Gasteiger partial charge is 0.464 e. The Morgan fingerprint density at radius 3 is 2.35 bits per heavy atom. The molecule has 23 heavy (non-hydrogen) atoms. The molecule has 0 spiro atoms. The highest BCUT2D eigenvalue weighted by Gasteiger charge is 2.22. The summed E-state index contributed by atoms with van der Waals surface area (Å²) in [5, 5.41) is 0.996. The van der Waals surface area contributed by atoms with Gasteiger partial charge in [-0.2, -0.15) is 0 Å². The lowest BCUT2D eigenvalue weighted by atomic mass is 9.96. The molecule has 2 rings (SSSR count). The molecule has 1 saturated heterocycles. The zero-order chi connectivity index (χ0) is 16.8. The van der Waals surface area contributed by atoms with Gasteiger partial charge in [-0.3, -0.25) is 14.5 Å². The van der Waals surface area contributed by atoms with Crippen LogP contribution in [0, 0.1) is 5.92 Å². The Bertz CT molecular complexity index is 552. The molecule has 2 N–H and O–H groups in total. The van der Waals surface area contributed by atoms with Gasteiger partial charge in [-0.1, -0.05) is 23.2 Å². The van der Waals surface area contributed by atoms with Crippen LogP contribution in [0.1, 0.15) is 18.4 Å². The van der Waals surface area contributed by atoms with Crippen molar-refractivity contribution in [3.05, 3.63) is 33.8 Å². The fraction of sp³-hybridized carbons (Fsp3) is 0.500. The number of benzene rings is 1. The van der Waals surface area contributed by atoms with E-state index in [-0.39, 0.29) is 24.2 Å². The minimum Gasteiger partial charge on any atom is -0.464 e. The van der Waals surface area contributed by atoms with E-state index < -0.39 is 0 Å². The molecule has 1 aliphatic rings. The smallest absolute Gasteiger partial charge is 0.310 e. The lowest BCUT2D eigenvalue weighted by molar-refractivity contribution is -0.143. The highest BCUT2D eigenvalue weighted by atomic mass is 35.5. The number of amides is 1. The fourth-order valence-corrected chi connectivity index (χ4v) is 3.23. The van der Waals surface area contributed by atoms with E-state index in [1.807, 2.05) is 0 Å². The zero-order valence-electron chi connectivity index (χ0n) is 12.8. The lowest BCUT2D eigenvalue weighted by Crippen LogP contribution is -2.40. The van der Waals surface area contributed by atoms with Crippen LogP contribution in [0.2, 0.25) is 10.0 Å². The van der Waals surface area contributed by atoms with Crippen molar-refractivity contribution < 1.29 is 14.3 Å². The molecule has 1 aromatic rings. The van der Waals surface area contributed by atoms with Gasteiger partial charge in [0, 0.05) is 22.5 Å². The molecule has 1 fully saturated rings. The van der Waals surface area contributed by atoms with Crippen molar-refractivity contribution >= 4 is 35.1 Å². The third kappa shape index (κ3) is 6.01. The summed E-state index contributed by atoms with van der Waals surface area (Å²) in [6.07, 6.45) is 1.68. The molecule has 0 bridgehead atoms. The van der Waals surface area contributed by atoms with Crippen LogP contribution in [-0.4, -0.2) is 43.0 Å². The molecule has 126 valence electrons. The fourth-order valence-electron chi connectivity index (χ4n) is 2.66. The maximum absolute atomic E-state index is 11.8. The molecular weight excluding hydrogens is 339 g/mol. The van der Waals surface area contributed by atoms with Crippen molar-refractivity contribution in [1.29, 1.82) is 0 Å². The van der Waals surface area contributed by atoms with Crippen molar-refractivity contribution in [2.75, 3.05) is 26.2 Å². The van der Waals surface area contributed by atoms with E-state index in [4.69, 9.17) is 33.7 Å². The van der Waals surface area contributed by atoms with Gasteiger partial charge in [-0.25, -0.2) is 0 Å². The number of hydrogen-bond acceptors (Lipinski definition) is 4. The molecule has 7 heteroatoms. The molecular formula is C16H20Cl2N2O3. The molecule has 1 aliphatic heterocycles. The molecule has 0 unspecified atom stereocenters. The summed E-state index contributed by atoms with van der Waals surface area (Å²) in [6.45, 7) is 2.59. The van der Waals surface area contributed by atoms with Crippen LogP contribution < -0.4 is 5.73 Å². The summed E-state index contributed by atoms with van der Waals surface area (Å²) in [4.78, 5) is 25.1. The Labute approximate surface area is 145 Å². The van der Waals surface area contributed by atoms with Crippen molar-refractivity contribution in [2.45, 2.75) is 19.3 Å². The normalized spacial score (nSPS) is 16.3. The molecule has 0 aromatic heterocycles. The number of carbonyl (C=O) groups is 2. The van der Waals surface area contributed by atoms with E-state index in [9.17, 15) is 9.59 Å². The van der Waals surface area contributed by atoms with Gasteiger partial charge >= 0.3 is 5.97 Å². The number of nitrogens with two attached hydrogens (primary N) is 1. The van der Waals surface area contributed by atoms with Gasteiger partial charge in [0.05, 0.1) is 6.42 Å². The minimum absolute atomic E-state index is 0.0265. The van der Waals surface area contributed by atoms with Gasteiger partial charge in [-0.15, -0.1) is 0 Å². The Morgan fingerprint density at radius 1 is 1.17 bits per heavy atom. The van der Waals surface area contributed by atoms with Gasteiger partial charge in [0.1, 0.15) is 6.61 Å². The highest BCUT2D eigenvalue weighted by Crippen LogP contribution is 2.19. The van der Waals surface area contributed by atoms with Gasteiger partial charge in [0.15, 0.2) is 0 Å². The third-order valence-electron chi connectivity index (χ3n) is 3.93. The quantitative estimate of drug-likeness (QED) is 0.791. The van der Waals surface area contributed by atoms with Gasteiger partial charge in [0.25, 0.3) is 0 Å². The van der Waals surface area contributed by atoms with E-state index >= 15 is 0 Å². The number of rotatable bonds is 6. The zero-order valence-corrected chi connectivity index (χ0v) is 14.3. The van der Waals surface area contributed by atoms with Gasteiger partial charge in [-0.05, 0) is 49.7 Å². The topological polar surface area (TPSA) is 72.6 Å². The summed E-state index contributed by atoms with van der Waals surface area (Å²) in [6, 6.07) is 5.01. The van der Waals surface area contributed by atoms with Crippen molar-refractivity contribution in [3.63, 3.8) is 0 Å². The second kappa shape index (κ2) is 8.52. The first kappa shape index (κ1) is 18.0. The van der Waals surface area contributed by atoms with Crippen molar-refractivity contribution in [3.8, 4) is 0 Å². The first-order chi connectivity index (χ1) is 10.9. The number of primary amides is 1. The molecule has 0 aliphatic carbocycles. The first-order valence-corrected chi connectivity index (χ1v) is 8.32. The second-order valence-corrected chi connectivity index (χ2v) is 6.57. The van der Waals surface area contributed by atoms with Crippen molar-refractivity contribution in [2.24, 2.45) is 11.7 Å². The summed E-state index contributed by atoms with van der Waals surface area (Å²) in [5.74, 6) is -0.562. The van der Waals surface area contributed by atoms with E-state index in [1.54, 1.807) is 18.2 Å². The molecule has 1 aromatic carbocycles. The summed E-state index contributed by atoms with van der Waals surface area (Å²) in [5.41, 5.74) is 6.03. The molecule has 5 nitrogen and oxygen atoms in total. The molecule has 0 atom stereocenters. The number of likely N-dealkylation sites (tertiary alicyclic amines) is 1. The number of halogens is 2. The lowest BCUT2D eigenvalue weighted by Gasteiger charge is -2.30. The SMILES string of the molecule is NC(=O)C1CCN(CCOC(=O)Cc2cc(Cl)cc(Cl)c2)CC1. The highest BCUT2D eigenvalue weighted by molar-refractivity contribution is 6.34. The number of esters is 1. The summed E-state index contributed by atoms with van der Waals surface area (Å²) < 4.78 is 5.24. The second-order valence-electron chi connectivity index (χ2n) is 5.69. The Balaban J connectivity index is 1.68. The van der Waals surface area contributed by atoms with Gasteiger partial charge in [0.2, 0.25) is 5.91 Å². The van der Waals surface area contributed by atoms with E-state index in [0.29, 0.717) is 23.2 Å². The number of carbonyl (C=O) groups excluding carboxylic acids is 2. The Hall–Kier alpha value is -1.30. The molecule has 1 amide bonds. The monoisotopic (exact) mass is 358 g/mol. The Morgan fingerprint density at radius 2 is 1.78 bits per heavy atom. The molecule has 1 heterocycles. The maximum Gasteiger partial charge on any atom is 0.310 e. The molecule has 0 saturated carbocycles. The van der Waals surface area contributed by atoms with Crippen LogP contribution in [-0.2, 0) is 20.7 Å².